The number of anilines is 1. The van der Waals surface area contributed by atoms with Gasteiger partial charge in [0.25, 0.3) is 0 Å². The van der Waals surface area contributed by atoms with Gasteiger partial charge >= 0.3 is 0 Å². The summed E-state index contributed by atoms with van der Waals surface area (Å²) in [6.07, 6.45) is 1.62. The summed E-state index contributed by atoms with van der Waals surface area (Å²) in [7, 11) is 0. The van der Waals surface area contributed by atoms with Gasteiger partial charge in [0.15, 0.2) is 0 Å². The van der Waals surface area contributed by atoms with Gasteiger partial charge in [-0.05, 0) is 26.0 Å². The Bertz CT molecular complexity index is 471. The molecule has 4 nitrogen and oxygen atoms in total. The molecule has 0 radical (unpaired) electrons. The van der Waals surface area contributed by atoms with Crippen LogP contribution in [0.5, 0.6) is 0 Å². The van der Waals surface area contributed by atoms with Crippen LogP contribution in [0.1, 0.15) is 12.5 Å². The predicted octanol–water partition coefficient (Wildman–Crippen LogP) is 2.36. The van der Waals surface area contributed by atoms with Crippen molar-refractivity contribution in [2.24, 2.45) is 0 Å². The van der Waals surface area contributed by atoms with Gasteiger partial charge in [0.1, 0.15) is 0 Å². The van der Waals surface area contributed by atoms with E-state index in [2.05, 4.69) is 17.2 Å². The predicted molar refractivity (Wildman–Crippen MR) is 84.9 cm³/mol. The Morgan fingerprint density at radius 1 is 1.35 bits per heavy atom. The van der Waals surface area contributed by atoms with Crippen molar-refractivity contribution < 1.29 is 9.59 Å². The molecule has 108 valence electrons. The van der Waals surface area contributed by atoms with E-state index < -0.39 is 0 Å². The van der Waals surface area contributed by atoms with Gasteiger partial charge in [-0.2, -0.15) is 0 Å². The van der Waals surface area contributed by atoms with Crippen LogP contribution in [-0.4, -0.2) is 29.4 Å². The summed E-state index contributed by atoms with van der Waals surface area (Å²) in [5.74, 6) is 0.0524. The van der Waals surface area contributed by atoms with E-state index in [0.29, 0.717) is 6.54 Å². The lowest BCUT2D eigenvalue weighted by molar-refractivity contribution is -0.120. The van der Waals surface area contributed by atoms with Gasteiger partial charge in [-0.3, -0.25) is 9.59 Å². The number of hydrogen-bond acceptors (Lipinski definition) is 3. The summed E-state index contributed by atoms with van der Waals surface area (Å²) in [6.45, 7) is 7.75. The topological polar surface area (TPSA) is 58.2 Å². The van der Waals surface area contributed by atoms with Crippen molar-refractivity contribution in [3.05, 3.63) is 42.5 Å². The number of carbonyl (C=O) groups is 2. The molecular formula is C15H20N2O2S. The summed E-state index contributed by atoms with van der Waals surface area (Å²) >= 11 is 1.31. The van der Waals surface area contributed by atoms with Crippen molar-refractivity contribution in [3.63, 3.8) is 0 Å². The zero-order valence-corrected chi connectivity index (χ0v) is 12.6. The Labute approximate surface area is 124 Å². The number of carbonyl (C=O) groups excluding carboxylic acids is 2. The highest BCUT2D eigenvalue weighted by Crippen LogP contribution is 2.13. The van der Waals surface area contributed by atoms with Crippen molar-refractivity contribution >= 4 is 29.3 Å². The number of thioether (sulfide) groups is 1. The number of nitrogens with one attached hydrogen (secondary N) is 2. The fourth-order valence-electron chi connectivity index (χ4n) is 1.43. The van der Waals surface area contributed by atoms with Crippen LogP contribution in [0, 0.1) is 6.92 Å². The van der Waals surface area contributed by atoms with Crippen LogP contribution in [0.25, 0.3) is 0 Å². The fraction of sp³-hybridized carbons (Fsp3) is 0.333. The standard InChI is InChI=1S/C15H20N2O2S/c1-4-9-16-15(19)12(3)20-10-14(18)17-13-7-5-11(2)6-8-13/h4-8,12H,1,9-10H2,2-3H3,(H,16,19)(H,17,18)/t12-/m1/s1. The Hall–Kier alpha value is -1.75. The molecule has 0 aromatic heterocycles. The normalized spacial score (nSPS) is 11.5. The minimum absolute atomic E-state index is 0.0852. The summed E-state index contributed by atoms with van der Waals surface area (Å²) < 4.78 is 0. The fourth-order valence-corrected chi connectivity index (χ4v) is 2.14. The van der Waals surface area contributed by atoms with E-state index in [1.54, 1.807) is 13.0 Å². The van der Waals surface area contributed by atoms with Crippen LogP contribution in [0.2, 0.25) is 0 Å². The third-order valence-electron chi connectivity index (χ3n) is 2.59. The molecule has 0 unspecified atom stereocenters. The molecule has 0 aliphatic heterocycles. The lowest BCUT2D eigenvalue weighted by Gasteiger charge is -2.11. The molecule has 5 heteroatoms. The summed E-state index contributed by atoms with van der Waals surface area (Å²) in [4.78, 5) is 23.4. The monoisotopic (exact) mass is 292 g/mol. The third-order valence-corrected chi connectivity index (χ3v) is 3.73. The highest BCUT2D eigenvalue weighted by atomic mass is 32.2. The Morgan fingerprint density at radius 2 is 2.00 bits per heavy atom. The zero-order valence-electron chi connectivity index (χ0n) is 11.8. The summed E-state index contributed by atoms with van der Waals surface area (Å²) in [5.41, 5.74) is 1.91. The molecule has 0 heterocycles. The van der Waals surface area contributed by atoms with Crippen LogP contribution in [-0.2, 0) is 9.59 Å². The van der Waals surface area contributed by atoms with E-state index in [0.717, 1.165) is 11.3 Å². The highest BCUT2D eigenvalue weighted by Gasteiger charge is 2.14. The average molecular weight is 292 g/mol. The molecule has 0 spiro atoms. The maximum atomic E-state index is 11.8. The largest absolute Gasteiger partial charge is 0.352 e. The zero-order chi connectivity index (χ0) is 15.0. The second-order valence-corrected chi connectivity index (χ2v) is 5.73. The van der Waals surface area contributed by atoms with E-state index in [1.165, 1.54) is 11.8 Å². The van der Waals surface area contributed by atoms with Crippen LogP contribution in [0.3, 0.4) is 0 Å². The molecule has 0 saturated heterocycles. The molecule has 1 rings (SSSR count). The van der Waals surface area contributed by atoms with Gasteiger partial charge < -0.3 is 10.6 Å². The number of hydrogen-bond donors (Lipinski definition) is 2. The number of amides is 2. The summed E-state index contributed by atoms with van der Waals surface area (Å²) in [5, 5.41) is 5.24. The van der Waals surface area contributed by atoms with Crippen LogP contribution in [0.4, 0.5) is 5.69 Å². The molecule has 0 fully saturated rings. The van der Waals surface area contributed by atoms with Crippen LogP contribution < -0.4 is 10.6 Å². The smallest absolute Gasteiger partial charge is 0.234 e. The van der Waals surface area contributed by atoms with Crippen molar-refractivity contribution in [1.29, 1.82) is 0 Å². The molecule has 0 bridgehead atoms. The minimum Gasteiger partial charge on any atom is -0.352 e. The van der Waals surface area contributed by atoms with Crippen LogP contribution >= 0.6 is 11.8 Å². The van der Waals surface area contributed by atoms with Crippen molar-refractivity contribution in [1.82, 2.24) is 5.32 Å². The molecule has 1 aromatic carbocycles. The maximum Gasteiger partial charge on any atom is 0.234 e. The molecule has 0 aliphatic carbocycles. The first kappa shape index (κ1) is 16.3. The third kappa shape index (κ3) is 5.93. The number of benzene rings is 1. The number of rotatable bonds is 7. The first-order valence-corrected chi connectivity index (χ1v) is 7.44. The molecule has 1 aromatic rings. The van der Waals surface area contributed by atoms with E-state index in [1.807, 2.05) is 31.2 Å². The average Bonchev–Trinajstić information content (AvgIpc) is 2.44. The van der Waals surface area contributed by atoms with Gasteiger partial charge in [-0.15, -0.1) is 18.3 Å². The molecule has 0 aliphatic rings. The molecule has 2 N–H and O–H groups in total. The molecule has 20 heavy (non-hydrogen) atoms. The van der Waals surface area contributed by atoms with Crippen molar-refractivity contribution in [2.75, 3.05) is 17.6 Å². The lowest BCUT2D eigenvalue weighted by atomic mass is 10.2. The quantitative estimate of drug-likeness (QED) is 0.759. The molecule has 0 saturated carbocycles. The maximum absolute atomic E-state index is 11.8. The van der Waals surface area contributed by atoms with Crippen molar-refractivity contribution in [3.8, 4) is 0 Å². The van der Waals surface area contributed by atoms with E-state index in [4.69, 9.17) is 0 Å². The van der Waals surface area contributed by atoms with Gasteiger partial charge in [-0.25, -0.2) is 0 Å². The van der Waals surface area contributed by atoms with E-state index >= 15 is 0 Å². The first-order chi connectivity index (χ1) is 9.52. The lowest BCUT2D eigenvalue weighted by Crippen LogP contribution is -2.31. The molecule has 2 amide bonds. The van der Waals surface area contributed by atoms with Crippen molar-refractivity contribution in [2.45, 2.75) is 19.1 Å². The SMILES string of the molecule is C=CCNC(=O)[C@@H](C)SCC(=O)Nc1ccc(C)cc1. The Morgan fingerprint density at radius 3 is 2.60 bits per heavy atom. The van der Waals surface area contributed by atoms with Gasteiger partial charge in [0.05, 0.1) is 11.0 Å². The van der Waals surface area contributed by atoms with Gasteiger partial charge in [0, 0.05) is 12.2 Å². The highest BCUT2D eigenvalue weighted by molar-refractivity contribution is 8.01. The van der Waals surface area contributed by atoms with E-state index in [-0.39, 0.29) is 22.8 Å². The number of aryl methyl sites for hydroxylation is 1. The van der Waals surface area contributed by atoms with Gasteiger partial charge in [0.2, 0.25) is 11.8 Å². The second kappa shape index (κ2) is 8.43. The second-order valence-electron chi connectivity index (χ2n) is 4.40. The van der Waals surface area contributed by atoms with E-state index in [9.17, 15) is 9.59 Å². The molecule has 1 atom stereocenters. The molecular weight excluding hydrogens is 272 g/mol. The first-order valence-electron chi connectivity index (χ1n) is 6.39. The summed E-state index contributed by atoms with van der Waals surface area (Å²) in [6, 6.07) is 7.60. The van der Waals surface area contributed by atoms with Gasteiger partial charge in [-0.1, -0.05) is 23.8 Å². The van der Waals surface area contributed by atoms with Crippen LogP contribution in [0.15, 0.2) is 36.9 Å². The minimum atomic E-state index is -0.265. The Kier molecular flexibility index (Phi) is 6.87. The Balaban J connectivity index is 2.34.